The minimum Gasteiger partial charge on any atom is -0.439 e. The van der Waals surface area contributed by atoms with Crippen molar-refractivity contribution in [3.8, 4) is 11.6 Å². The molecule has 2 aromatic heterocycles. The van der Waals surface area contributed by atoms with Gasteiger partial charge < -0.3 is 4.74 Å². The van der Waals surface area contributed by atoms with Gasteiger partial charge in [-0.3, -0.25) is 10.1 Å². The fraction of sp³-hybridized carbons (Fsp3) is 0.176. The molecule has 1 aromatic carbocycles. The van der Waals surface area contributed by atoms with E-state index in [1.54, 1.807) is 12.1 Å². The molecule has 1 amide bonds. The zero-order valence-electron chi connectivity index (χ0n) is 13.6. The van der Waals surface area contributed by atoms with Crippen molar-refractivity contribution in [3.05, 3.63) is 57.6 Å². The minimum absolute atomic E-state index is 0.277. The van der Waals surface area contributed by atoms with Gasteiger partial charge in [0.15, 0.2) is 0 Å². The number of pyridine rings is 1. The van der Waals surface area contributed by atoms with E-state index in [0.29, 0.717) is 22.3 Å². The second kappa shape index (κ2) is 7.71. The molecule has 0 unspecified atom stereocenters. The number of nitrogens with one attached hydrogen (secondary N) is 1. The van der Waals surface area contributed by atoms with Gasteiger partial charge in [-0.15, -0.1) is 10.2 Å². The van der Waals surface area contributed by atoms with Gasteiger partial charge in [-0.25, -0.2) is 4.98 Å². The molecule has 0 aliphatic carbocycles. The molecule has 0 radical (unpaired) electrons. The number of benzene rings is 1. The highest BCUT2D eigenvalue weighted by Crippen LogP contribution is 2.24. The Labute approximate surface area is 157 Å². The molecule has 0 spiro atoms. The van der Waals surface area contributed by atoms with Crippen LogP contribution in [0, 0.1) is 0 Å². The number of carbonyl (C=O) groups is 1. The molecule has 6 nitrogen and oxygen atoms in total. The van der Waals surface area contributed by atoms with Gasteiger partial charge in [0.05, 0.1) is 5.56 Å². The van der Waals surface area contributed by atoms with Crippen molar-refractivity contribution in [1.29, 1.82) is 0 Å². The first-order valence-corrected chi connectivity index (χ1v) is 9.16. The van der Waals surface area contributed by atoms with E-state index in [1.165, 1.54) is 17.5 Å². The van der Waals surface area contributed by atoms with E-state index >= 15 is 0 Å². The van der Waals surface area contributed by atoms with E-state index < -0.39 is 0 Å². The summed E-state index contributed by atoms with van der Waals surface area (Å²) < 4.78 is 6.56. The van der Waals surface area contributed by atoms with Crippen molar-refractivity contribution in [2.24, 2.45) is 0 Å². The van der Waals surface area contributed by atoms with E-state index in [1.807, 2.05) is 38.1 Å². The maximum Gasteiger partial charge on any atom is 0.259 e. The monoisotopic (exact) mass is 418 g/mol. The maximum atomic E-state index is 12.2. The second-order valence-electron chi connectivity index (χ2n) is 5.50. The number of carbonyl (C=O) groups excluding carboxylic acids is 1. The molecule has 128 valence electrons. The Kier molecular flexibility index (Phi) is 5.40. The number of nitrogens with zero attached hydrogens (tertiary/aromatic N) is 3. The average Bonchev–Trinajstić information content (AvgIpc) is 3.04. The molecular weight excluding hydrogens is 404 g/mol. The quantitative estimate of drug-likeness (QED) is 0.639. The van der Waals surface area contributed by atoms with Crippen LogP contribution in [0.25, 0.3) is 0 Å². The smallest absolute Gasteiger partial charge is 0.259 e. The van der Waals surface area contributed by atoms with Crippen molar-refractivity contribution >= 4 is 38.3 Å². The third-order valence-electron chi connectivity index (χ3n) is 3.17. The summed E-state index contributed by atoms with van der Waals surface area (Å²) in [5.41, 5.74) is 0.419. The predicted molar refractivity (Wildman–Crippen MR) is 100 cm³/mol. The van der Waals surface area contributed by atoms with E-state index in [4.69, 9.17) is 4.74 Å². The molecule has 25 heavy (non-hydrogen) atoms. The Morgan fingerprint density at radius 1 is 1.24 bits per heavy atom. The van der Waals surface area contributed by atoms with Crippen LogP contribution in [0.5, 0.6) is 11.6 Å². The largest absolute Gasteiger partial charge is 0.439 e. The Morgan fingerprint density at radius 3 is 2.72 bits per heavy atom. The summed E-state index contributed by atoms with van der Waals surface area (Å²) in [5, 5.41) is 12.1. The summed E-state index contributed by atoms with van der Waals surface area (Å²) in [6.45, 7) is 4.06. The van der Waals surface area contributed by atoms with Gasteiger partial charge in [-0.05, 0) is 24.3 Å². The highest BCUT2D eigenvalue weighted by molar-refractivity contribution is 9.10. The van der Waals surface area contributed by atoms with Gasteiger partial charge in [-0.2, -0.15) is 0 Å². The first kappa shape index (κ1) is 17.5. The van der Waals surface area contributed by atoms with Gasteiger partial charge in [0.2, 0.25) is 11.0 Å². The first-order valence-electron chi connectivity index (χ1n) is 7.55. The summed E-state index contributed by atoms with van der Waals surface area (Å²) in [7, 11) is 0. The van der Waals surface area contributed by atoms with Crippen molar-refractivity contribution in [2.45, 2.75) is 19.8 Å². The third kappa shape index (κ3) is 4.61. The number of ether oxygens (including phenoxy) is 1. The number of hydrogen-bond acceptors (Lipinski definition) is 6. The number of aromatic nitrogens is 3. The normalized spacial score (nSPS) is 10.7. The number of hydrogen-bond donors (Lipinski definition) is 1. The lowest BCUT2D eigenvalue weighted by molar-refractivity contribution is 0.102. The second-order valence-corrected chi connectivity index (χ2v) is 7.42. The summed E-state index contributed by atoms with van der Waals surface area (Å²) in [4.78, 5) is 16.4. The molecule has 3 rings (SSSR count). The SMILES string of the molecule is CC(C)c1nnc(NC(=O)c2ccc(Oc3cccc(Br)c3)nc2)s1. The maximum absolute atomic E-state index is 12.2. The predicted octanol–water partition coefficient (Wildman–Crippen LogP) is 4.86. The molecule has 8 heteroatoms. The van der Waals surface area contributed by atoms with E-state index in [0.717, 1.165) is 9.48 Å². The fourth-order valence-electron chi connectivity index (χ4n) is 1.91. The number of rotatable bonds is 5. The highest BCUT2D eigenvalue weighted by atomic mass is 79.9. The van der Waals surface area contributed by atoms with Crippen LogP contribution in [0.4, 0.5) is 5.13 Å². The van der Waals surface area contributed by atoms with Gasteiger partial charge in [-0.1, -0.05) is 47.2 Å². The van der Waals surface area contributed by atoms with Gasteiger partial charge in [0, 0.05) is 22.7 Å². The summed E-state index contributed by atoms with van der Waals surface area (Å²) in [6, 6.07) is 10.7. The van der Waals surface area contributed by atoms with E-state index in [9.17, 15) is 4.79 Å². The summed E-state index contributed by atoms with van der Waals surface area (Å²) >= 11 is 4.75. The molecule has 0 aliphatic heterocycles. The number of anilines is 1. The molecule has 0 atom stereocenters. The van der Waals surface area contributed by atoms with E-state index in [2.05, 4.69) is 36.4 Å². The molecule has 0 fully saturated rings. The van der Waals surface area contributed by atoms with Gasteiger partial charge >= 0.3 is 0 Å². The third-order valence-corrected chi connectivity index (χ3v) is 4.80. The van der Waals surface area contributed by atoms with Crippen LogP contribution < -0.4 is 10.1 Å². The summed E-state index contributed by atoms with van der Waals surface area (Å²) in [5.74, 6) is 1.06. The van der Waals surface area contributed by atoms with Crippen molar-refractivity contribution in [1.82, 2.24) is 15.2 Å². The topological polar surface area (TPSA) is 77.0 Å². The van der Waals surface area contributed by atoms with Crippen LogP contribution in [0.15, 0.2) is 47.1 Å². The van der Waals surface area contributed by atoms with Gasteiger partial charge in [0.25, 0.3) is 5.91 Å². The van der Waals surface area contributed by atoms with Gasteiger partial charge in [0.1, 0.15) is 10.8 Å². The molecular formula is C17H15BrN4O2S. The average molecular weight is 419 g/mol. The van der Waals surface area contributed by atoms with Crippen molar-refractivity contribution < 1.29 is 9.53 Å². The van der Waals surface area contributed by atoms with Crippen LogP contribution in [0.1, 0.15) is 35.1 Å². The van der Waals surface area contributed by atoms with Crippen molar-refractivity contribution in [2.75, 3.05) is 5.32 Å². The molecule has 0 saturated carbocycles. The zero-order chi connectivity index (χ0) is 17.8. The Bertz CT molecular complexity index is 880. The van der Waals surface area contributed by atoms with E-state index in [-0.39, 0.29) is 11.8 Å². The molecule has 0 bridgehead atoms. The molecule has 2 heterocycles. The molecule has 0 saturated heterocycles. The lowest BCUT2D eigenvalue weighted by Crippen LogP contribution is -2.12. The molecule has 1 N–H and O–H groups in total. The number of halogens is 1. The molecule has 0 aliphatic rings. The number of amides is 1. The van der Waals surface area contributed by atoms with Crippen molar-refractivity contribution in [3.63, 3.8) is 0 Å². The Hall–Kier alpha value is -2.32. The lowest BCUT2D eigenvalue weighted by atomic mass is 10.2. The highest BCUT2D eigenvalue weighted by Gasteiger charge is 2.12. The Morgan fingerprint density at radius 2 is 2.08 bits per heavy atom. The Balaban J connectivity index is 1.65. The van der Waals surface area contributed by atoms with Crippen LogP contribution in [0.2, 0.25) is 0 Å². The van der Waals surface area contributed by atoms with Crippen LogP contribution in [-0.2, 0) is 0 Å². The summed E-state index contributed by atoms with van der Waals surface area (Å²) in [6.07, 6.45) is 1.47. The van der Waals surface area contributed by atoms with Crippen LogP contribution in [0.3, 0.4) is 0 Å². The minimum atomic E-state index is -0.284. The standard InChI is InChI=1S/C17H15BrN4O2S/c1-10(2)16-21-22-17(25-16)20-15(23)11-6-7-14(19-9-11)24-13-5-3-4-12(18)8-13/h3-10H,1-2H3,(H,20,22,23). The molecule has 3 aromatic rings. The van der Waals surface area contributed by atoms with Crippen LogP contribution in [-0.4, -0.2) is 21.1 Å². The first-order chi connectivity index (χ1) is 12.0. The zero-order valence-corrected chi connectivity index (χ0v) is 16.0. The van der Waals surface area contributed by atoms with Crippen LogP contribution >= 0.6 is 27.3 Å². The fourth-order valence-corrected chi connectivity index (χ4v) is 3.03. The lowest BCUT2D eigenvalue weighted by Gasteiger charge is -2.06.